The van der Waals surface area contributed by atoms with E-state index in [-0.39, 0.29) is 10.5 Å². The predicted molar refractivity (Wildman–Crippen MR) is 120 cm³/mol. The summed E-state index contributed by atoms with van der Waals surface area (Å²) in [6.45, 7) is 3.71. The van der Waals surface area contributed by atoms with Gasteiger partial charge < -0.3 is 9.88 Å². The van der Waals surface area contributed by atoms with Crippen molar-refractivity contribution in [3.05, 3.63) is 82.1 Å². The lowest BCUT2D eigenvalue weighted by atomic mass is 10.1. The SMILES string of the molecule is Cc1cc(/C=C(/C#N)C(=O)Nc2ccccc2Cl)c(C)n1-c1ccc(S(N)(=O)=O)cc1. The number of hydrogen-bond acceptors (Lipinski definition) is 4. The Kier molecular flexibility index (Phi) is 6.32. The van der Waals surface area contributed by atoms with Gasteiger partial charge in [-0.15, -0.1) is 0 Å². The van der Waals surface area contributed by atoms with Gasteiger partial charge in [-0.3, -0.25) is 4.79 Å². The molecule has 7 nitrogen and oxygen atoms in total. The molecule has 0 radical (unpaired) electrons. The summed E-state index contributed by atoms with van der Waals surface area (Å²) in [6, 6.07) is 16.7. The Labute approximate surface area is 185 Å². The second-order valence-corrected chi connectivity index (χ2v) is 8.77. The van der Waals surface area contributed by atoms with E-state index in [9.17, 15) is 18.5 Å². The van der Waals surface area contributed by atoms with Gasteiger partial charge in [0.15, 0.2) is 0 Å². The van der Waals surface area contributed by atoms with Crippen molar-refractivity contribution < 1.29 is 13.2 Å². The maximum absolute atomic E-state index is 12.6. The fraction of sp³-hybridized carbons (Fsp3) is 0.0909. The first kappa shape index (κ1) is 22.3. The van der Waals surface area contributed by atoms with E-state index in [4.69, 9.17) is 16.7 Å². The highest BCUT2D eigenvalue weighted by molar-refractivity contribution is 7.89. The van der Waals surface area contributed by atoms with Crippen molar-refractivity contribution in [2.24, 2.45) is 5.14 Å². The van der Waals surface area contributed by atoms with Gasteiger partial charge in [0, 0.05) is 17.1 Å². The summed E-state index contributed by atoms with van der Waals surface area (Å²) >= 11 is 6.07. The third-order valence-corrected chi connectivity index (χ3v) is 5.94. The molecule has 0 aliphatic carbocycles. The highest BCUT2D eigenvalue weighted by Gasteiger charge is 2.15. The third kappa shape index (κ3) is 4.86. The minimum atomic E-state index is -3.78. The Balaban J connectivity index is 1.95. The molecule has 9 heteroatoms. The van der Waals surface area contributed by atoms with Gasteiger partial charge in [-0.25, -0.2) is 13.6 Å². The smallest absolute Gasteiger partial charge is 0.266 e. The van der Waals surface area contributed by atoms with Crippen LogP contribution in [0.4, 0.5) is 5.69 Å². The molecule has 3 N–H and O–H groups in total. The number of primary sulfonamides is 1. The zero-order valence-electron chi connectivity index (χ0n) is 16.8. The summed E-state index contributed by atoms with van der Waals surface area (Å²) in [5.41, 5.74) is 3.36. The number of para-hydroxylation sites is 1. The van der Waals surface area contributed by atoms with E-state index in [0.717, 1.165) is 17.1 Å². The number of aromatic nitrogens is 1. The van der Waals surface area contributed by atoms with Crippen LogP contribution in [0.15, 0.2) is 65.1 Å². The molecule has 1 amide bonds. The fourth-order valence-electron chi connectivity index (χ4n) is 3.17. The van der Waals surface area contributed by atoms with Crippen LogP contribution in [0.3, 0.4) is 0 Å². The number of rotatable bonds is 5. The van der Waals surface area contributed by atoms with Crippen LogP contribution in [-0.4, -0.2) is 18.9 Å². The molecule has 3 rings (SSSR count). The van der Waals surface area contributed by atoms with Crippen molar-refractivity contribution in [3.8, 4) is 11.8 Å². The van der Waals surface area contributed by atoms with Crippen LogP contribution in [0.25, 0.3) is 11.8 Å². The van der Waals surface area contributed by atoms with Gasteiger partial charge in [0.05, 0.1) is 15.6 Å². The molecule has 1 aromatic heterocycles. The van der Waals surface area contributed by atoms with E-state index in [1.54, 1.807) is 36.4 Å². The number of amides is 1. The number of aryl methyl sites for hydroxylation is 1. The van der Waals surface area contributed by atoms with Crippen LogP contribution in [-0.2, 0) is 14.8 Å². The predicted octanol–water partition coefficient (Wildman–Crippen LogP) is 3.94. The van der Waals surface area contributed by atoms with Gasteiger partial charge in [0.25, 0.3) is 5.91 Å². The lowest BCUT2D eigenvalue weighted by Crippen LogP contribution is -2.13. The monoisotopic (exact) mass is 454 g/mol. The van der Waals surface area contributed by atoms with Crippen molar-refractivity contribution in [3.63, 3.8) is 0 Å². The highest BCUT2D eigenvalue weighted by atomic mass is 35.5. The topological polar surface area (TPSA) is 118 Å². The summed E-state index contributed by atoms with van der Waals surface area (Å²) in [6.07, 6.45) is 1.50. The molecular weight excluding hydrogens is 436 g/mol. The molecule has 0 aliphatic heterocycles. The number of hydrogen-bond donors (Lipinski definition) is 2. The number of sulfonamides is 1. The van der Waals surface area contributed by atoms with Gasteiger partial charge in [-0.05, 0) is 68.0 Å². The molecular formula is C22H19ClN4O3S. The molecule has 31 heavy (non-hydrogen) atoms. The largest absolute Gasteiger partial charge is 0.320 e. The number of nitriles is 1. The van der Waals surface area contributed by atoms with Crippen molar-refractivity contribution >= 4 is 39.3 Å². The normalized spacial score (nSPS) is 11.8. The lowest BCUT2D eigenvalue weighted by molar-refractivity contribution is -0.112. The first-order chi connectivity index (χ1) is 14.6. The molecule has 0 atom stereocenters. The Morgan fingerprint density at radius 3 is 2.39 bits per heavy atom. The maximum atomic E-state index is 12.6. The molecule has 0 fully saturated rings. The lowest BCUT2D eigenvalue weighted by Gasteiger charge is -2.10. The van der Waals surface area contributed by atoms with Crippen molar-refractivity contribution in [1.29, 1.82) is 5.26 Å². The number of halogens is 1. The zero-order valence-corrected chi connectivity index (χ0v) is 18.3. The van der Waals surface area contributed by atoms with Crippen LogP contribution in [0.1, 0.15) is 17.0 Å². The van der Waals surface area contributed by atoms with Crippen molar-refractivity contribution in [2.45, 2.75) is 18.7 Å². The van der Waals surface area contributed by atoms with Crippen LogP contribution < -0.4 is 10.5 Å². The second kappa shape index (κ2) is 8.78. The van der Waals surface area contributed by atoms with E-state index in [0.29, 0.717) is 16.3 Å². The summed E-state index contributed by atoms with van der Waals surface area (Å²) in [5.74, 6) is -0.571. The molecule has 158 valence electrons. The standard InChI is InChI=1S/C22H19ClN4O3S/c1-14-11-16(12-17(13-24)22(28)26-21-6-4-3-5-20(21)23)15(2)27(14)18-7-9-19(10-8-18)31(25,29)30/h3-12H,1-2H3,(H,26,28)(H2,25,29,30)/b17-12-. The number of nitrogens with two attached hydrogens (primary N) is 1. The van der Waals surface area contributed by atoms with Gasteiger partial charge >= 0.3 is 0 Å². The van der Waals surface area contributed by atoms with E-state index in [1.165, 1.54) is 18.2 Å². The average Bonchev–Trinajstić information content (AvgIpc) is 3.00. The molecule has 2 aromatic carbocycles. The number of anilines is 1. The molecule has 0 spiro atoms. The summed E-state index contributed by atoms with van der Waals surface area (Å²) in [5, 5.41) is 17.7. The number of benzene rings is 2. The Morgan fingerprint density at radius 1 is 1.16 bits per heavy atom. The fourth-order valence-corrected chi connectivity index (χ4v) is 3.87. The van der Waals surface area contributed by atoms with E-state index in [2.05, 4.69) is 5.32 Å². The Morgan fingerprint density at radius 2 is 1.81 bits per heavy atom. The van der Waals surface area contributed by atoms with Crippen molar-refractivity contribution in [2.75, 3.05) is 5.32 Å². The zero-order chi connectivity index (χ0) is 22.8. The molecule has 0 aliphatic rings. The number of carbonyl (C=O) groups is 1. The maximum Gasteiger partial charge on any atom is 0.266 e. The van der Waals surface area contributed by atoms with Gasteiger partial charge in [0.1, 0.15) is 11.6 Å². The number of carbonyl (C=O) groups excluding carboxylic acids is 1. The summed E-state index contributed by atoms with van der Waals surface area (Å²) in [4.78, 5) is 12.6. The second-order valence-electron chi connectivity index (χ2n) is 6.80. The number of nitrogens with one attached hydrogen (secondary N) is 1. The molecule has 0 saturated heterocycles. The summed E-state index contributed by atoms with van der Waals surface area (Å²) < 4.78 is 24.8. The van der Waals surface area contributed by atoms with Gasteiger partial charge in [-0.1, -0.05) is 23.7 Å². The van der Waals surface area contributed by atoms with Gasteiger partial charge in [-0.2, -0.15) is 5.26 Å². The van der Waals surface area contributed by atoms with Crippen LogP contribution in [0, 0.1) is 25.2 Å². The highest BCUT2D eigenvalue weighted by Crippen LogP contribution is 2.25. The first-order valence-electron chi connectivity index (χ1n) is 9.11. The molecule has 0 saturated carbocycles. The third-order valence-electron chi connectivity index (χ3n) is 4.68. The minimum absolute atomic E-state index is 0.0156. The van der Waals surface area contributed by atoms with E-state index in [1.807, 2.05) is 30.6 Å². The molecule has 3 aromatic rings. The van der Waals surface area contributed by atoms with Gasteiger partial charge in [0.2, 0.25) is 10.0 Å². The molecule has 1 heterocycles. The molecule has 0 bridgehead atoms. The van der Waals surface area contributed by atoms with Crippen molar-refractivity contribution in [1.82, 2.24) is 4.57 Å². The van der Waals surface area contributed by atoms with Crippen LogP contribution in [0.2, 0.25) is 5.02 Å². The summed E-state index contributed by atoms with van der Waals surface area (Å²) in [7, 11) is -3.78. The van der Waals surface area contributed by atoms with Crippen LogP contribution >= 0.6 is 11.6 Å². The van der Waals surface area contributed by atoms with E-state index < -0.39 is 15.9 Å². The minimum Gasteiger partial charge on any atom is -0.320 e. The van der Waals surface area contributed by atoms with E-state index >= 15 is 0 Å². The van der Waals surface area contributed by atoms with Crippen LogP contribution in [0.5, 0.6) is 0 Å². The quantitative estimate of drug-likeness (QED) is 0.448. The number of nitrogens with zero attached hydrogens (tertiary/aromatic N) is 2. The average molecular weight is 455 g/mol. The Bertz CT molecular complexity index is 1330. The molecule has 0 unspecified atom stereocenters. The Hall–Kier alpha value is -3.38. The first-order valence-corrected chi connectivity index (χ1v) is 11.0.